The van der Waals surface area contributed by atoms with Crippen LogP contribution in [-0.2, 0) is 0 Å². The van der Waals surface area contributed by atoms with Crippen molar-refractivity contribution in [2.45, 2.75) is 6.92 Å². The van der Waals surface area contributed by atoms with E-state index in [0.717, 1.165) is 36.2 Å². The van der Waals surface area contributed by atoms with E-state index >= 15 is 0 Å². The van der Waals surface area contributed by atoms with E-state index in [-0.39, 0.29) is 5.91 Å². The Hall–Kier alpha value is -2.02. The highest BCUT2D eigenvalue weighted by Crippen LogP contribution is 2.16. The van der Waals surface area contributed by atoms with E-state index in [9.17, 15) is 4.79 Å². The van der Waals surface area contributed by atoms with Crippen molar-refractivity contribution in [3.05, 3.63) is 35.9 Å². The van der Waals surface area contributed by atoms with Gasteiger partial charge in [-0.1, -0.05) is 0 Å². The maximum absolute atomic E-state index is 12.3. The van der Waals surface area contributed by atoms with Crippen LogP contribution in [0.2, 0.25) is 0 Å². The third-order valence-corrected chi connectivity index (χ3v) is 4.05. The lowest BCUT2D eigenvalue weighted by molar-refractivity contribution is 0.0741. The van der Waals surface area contributed by atoms with Crippen LogP contribution in [0, 0.1) is 6.92 Å². The summed E-state index contributed by atoms with van der Waals surface area (Å²) < 4.78 is 8.14. The fourth-order valence-corrected chi connectivity index (χ4v) is 2.83. The number of pyridine rings is 1. The van der Waals surface area contributed by atoms with E-state index < -0.39 is 0 Å². The van der Waals surface area contributed by atoms with Gasteiger partial charge in [-0.05, 0) is 19.1 Å². The summed E-state index contributed by atoms with van der Waals surface area (Å²) in [7, 11) is 0. The first kappa shape index (κ1) is 13.0. The second-order valence-corrected chi connectivity index (χ2v) is 5.22. The highest BCUT2D eigenvalue weighted by Gasteiger charge is 2.25. The van der Waals surface area contributed by atoms with Crippen molar-refractivity contribution in [2.24, 2.45) is 0 Å². The minimum absolute atomic E-state index is 0.0120. The number of anilines is 1. The van der Waals surface area contributed by atoms with Crippen LogP contribution >= 0.6 is 11.7 Å². The van der Waals surface area contributed by atoms with Crippen molar-refractivity contribution in [2.75, 3.05) is 31.1 Å². The number of carbonyl (C=O) groups is 1. The Morgan fingerprint density at radius 1 is 1.25 bits per heavy atom. The molecule has 6 nitrogen and oxygen atoms in total. The van der Waals surface area contributed by atoms with Crippen molar-refractivity contribution in [1.29, 1.82) is 0 Å². The van der Waals surface area contributed by atoms with Gasteiger partial charge in [-0.25, -0.2) is 0 Å². The van der Waals surface area contributed by atoms with Crippen LogP contribution in [0.5, 0.6) is 0 Å². The Kier molecular flexibility index (Phi) is 3.60. The largest absolute Gasteiger partial charge is 0.367 e. The Morgan fingerprint density at radius 3 is 2.65 bits per heavy atom. The first-order chi connectivity index (χ1) is 9.75. The standard InChI is InChI=1S/C13H15N5OS/c1-10-12(16-20-15-10)13(19)18-7-5-17(6-8-18)11-3-2-4-14-9-11/h2-4,9H,5-8H2,1H3. The van der Waals surface area contributed by atoms with Crippen LogP contribution in [0.15, 0.2) is 24.5 Å². The van der Waals surface area contributed by atoms with Gasteiger partial charge in [-0.2, -0.15) is 8.75 Å². The third kappa shape index (κ3) is 2.49. The van der Waals surface area contributed by atoms with Gasteiger partial charge in [0.2, 0.25) is 0 Å². The summed E-state index contributed by atoms with van der Waals surface area (Å²) in [5.41, 5.74) is 2.31. The van der Waals surface area contributed by atoms with Crippen LogP contribution < -0.4 is 4.90 Å². The van der Waals surface area contributed by atoms with Crippen molar-refractivity contribution in [3.8, 4) is 0 Å². The first-order valence-corrected chi connectivity index (χ1v) is 7.22. The van der Waals surface area contributed by atoms with E-state index in [1.54, 1.807) is 6.20 Å². The van der Waals surface area contributed by atoms with Crippen molar-refractivity contribution in [3.63, 3.8) is 0 Å². The Balaban J connectivity index is 1.64. The molecule has 0 atom stereocenters. The molecular formula is C13H15N5OS. The van der Waals surface area contributed by atoms with Gasteiger partial charge in [0.15, 0.2) is 5.69 Å². The maximum Gasteiger partial charge on any atom is 0.275 e. The highest BCUT2D eigenvalue weighted by molar-refractivity contribution is 6.99. The average Bonchev–Trinajstić information content (AvgIpc) is 2.94. The van der Waals surface area contributed by atoms with E-state index in [0.29, 0.717) is 18.8 Å². The van der Waals surface area contributed by atoms with Gasteiger partial charge in [0.1, 0.15) is 0 Å². The molecule has 0 saturated carbocycles. The molecule has 1 fully saturated rings. The molecule has 3 heterocycles. The van der Waals surface area contributed by atoms with Crippen molar-refractivity contribution < 1.29 is 4.79 Å². The number of rotatable bonds is 2. The summed E-state index contributed by atoms with van der Waals surface area (Å²) in [4.78, 5) is 20.5. The summed E-state index contributed by atoms with van der Waals surface area (Å²) in [5.74, 6) is -0.0120. The lowest BCUT2D eigenvalue weighted by atomic mass is 10.2. The summed E-state index contributed by atoms with van der Waals surface area (Å²) in [6, 6.07) is 3.97. The molecule has 1 saturated heterocycles. The molecule has 104 valence electrons. The van der Waals surface area contributed by atoms with Gasteiger partial charge in [0.05, 0.1) is 29.3 Å². The maximum atomic E-state index is 12.3. The topological polar surface area (TPSA) is 62.2 Å². The fourth-order valence-electron chi connectivity index (χ4n) is 2.28. The SMILES string of the molecule is Cc1nsnc1C(=O)N1CCN(c2cccnc2)CC1. The number of aromatic nitrogens is 3. The lowest BCUT2D eigenvalue weighted by Crippen LogP contribution is -2.49. The number of hydrogen-bond acceptors (Lipinski definition) is 6. The van der Waals surface area contributed by atoms with E-state index in [2.05, 4.69) is 18.6 Å². The smallest absolute Gasteiger partial charge is 0.275 e. The molecule has 7 heteroatoms. The lowest BCUT2D eigenvalue weighted by Gasteiger charge is -2.35. The third-order valence-electron chi connectivity index (χ3n) is 3.43. The monoisotopic (exact) mass is 289 g/mol. The van der Waals surface area contributed by atoms with Crippen LogP contribution in [0.3, 0.4) is 0 Å². The van der Waals surface area contributed by atoms with Gasteiger partial charge in [-0.3, -0.25) is 9.78 Å². The summed E-state index contributed by atoms with van der Waals surface area (Å²) >= 11 is 1.09. The second-order valence-electron chi connectivity index (χ2n) is 4.69. The predicted molar refractivity (Wildman–Crippen MR) is 77.0 cm³/mol. The minimum atomic E-state index is -0.0120. The van der Waals surface area contributed by atoms with Crippen LogP contribution in [-0.4, -0.2) is 50.7 Å². The normalized spacial score (nSPS) is 15.4. The Labute approximate surface area is 121 Å². The van der Waals surface area contributed by atoms with Crippen molar-refractivity contribution in [1.82, 2.24) is 18.6 Å². The Morgan fingerprint density at radius 2 is 2.05 bits per heavy atom. The number of aryl methyl sites for hydroxylation is 1. The molecule has 0 radical (unpaired) electrons. The molecule has 0 bridgehead atoms. The van der Waals surface area contributed by atoms with E-state index in [1.807, 2.05) is 30.2 Å². The molecule has 0 N–H and O–H groups in total. The molecule has 1 amide bonds. The van der Waals surface area contributed by atoms with Gasteiger partial charge >= 0.3 is 0 Å². The zero-order valence-corrected chi connectivity index (χ0v) is 12.0. The molecule has 0 aromatic carbocycles. The Bertz CT molecular complexity index is 592. The molecular weight excluding hydrogens is 274 g/mol. The summed E-state index contributed by atoms with van der Waals surface area (Å²) in [6.45, 7) is 4.85. The first-order valence-electron chi connectivity index (χ1n) is 6.49. The van der Waals surface area contributed by atoms with Crippen LogP contribution in [0.4, 0.5) is 5.69 Å². The fraction of sp³-hybridized carbons (Fsp3) is 0.385. The highest BCUT2D eigenvalue weighted by atomic mass is 32.1. The summed E-state index contributed by atoms with van der Waals surface area (Å²) in [6.07, 6.45) is 3.62. The quantitative estimate of drug-likeness (QED) is 0.831. The van der Waals surface area contributed by atoms with E-state index in [1.165, 1.54) is 0 Å². The molecule has 3 rings (SSSR count). The zero-order chi connectivity index (χ0) is 13.9. The van der Waals surface area contributed by atoms with Crippen LogP contribution in [0.1, 0.15) is 16.2 Å². The number of carbonyl (C=O) groups excluding carboxylic acids is 1. The van der Waals surface area contributed by atoms with Crippen LogP contribution in [0.25, 0.3) is 0 Å². The molecule has 20 heavy (non-hydrogen) atoms. The molecule has 1 aliphatic rings. The number of piperazine rings is 1. The molecule has 0 unspecified atom stereocenters. The summed E-state index contributed by atoms with van der Waals surface area (Å²) in [5, 5.41) is 0. The number of amides is 1. The molecule has 0 spiro atoms. The molecule has 2 aromatic heterocycles. The van der Waals surface area contributed by atoms with Gasteiger partial charge in [0, 0.05) is 32.4 Å². The molecule has 2 aromatic rings. The van der Waals surface area contributed by atoms with Gasteiger partial charge < -0.3 is 9.80 Å². The molecule has 0 aliphatic carbocycles. The number of nitrogens with zero attached hydrogens (tertiary/aromatic N) is 5. The number of hydrogen-bond donors (Lipinski definition) is 0. The zero-order valence-electron chi connectivity index (χ0n) is 11.2. The average molecular weight is 289 g/mol. The van der Waals surface area contributed by atoms with Crippen molar-refractivity contribution >= 4 is 23.3 Å². The molecule has 1 aliphatic heterocycles. The van der Waals surface area contributed by atoms with Gasteiger partial charge in [-0.15, -0.1) is 0 Å². The second kappa shape index (κ2) is 5.54. The predicted octanol–water partition coefficient (Wildman–Crippen LogP) is 1.20. The minimum Gasteiger partial charge on any atom is -0.367 e. The van der Waals surface area contributed by atoms with Gasteiger partial charge in [0.25, 0.3) is 5.91 Å². The van der Waals surface area contributed by atoms with E-state index in [4.69, 9.17) is 0 Å².